The van der Waals surface area contributed by atoms with E-state index >= 15 is 0 Å². The van der Waals surface area contributed by atoms with Crippen molar-refractivity contribution in [3.8, 4) is 0 Å². The molecule has 0 atom stereocenters. The lowest BCUT2D eigenvalue weighted by Crippen LogP contribution is -2.26. The Morgan fingerprint density at radius 1 is 0.917 bits per heavy atom. The summed E-state index contributed by atoms with van der Waals surface area (Å²) in [7, 11) is 0. The largest absolute Gasteiger partial charge is 0.396 e. The predicted molar refractivity (Wildman–Crippen MR) is 51.0 cm³/mol. The van der Waals surface area contributed by atoms with Gasteiger partial charge in [-0.05, 0) is 24.7 Å². The van der Waals surface area contributed by atoms with Crippen molar-refractivity contribution in [2.24, 2.45) is 5.41 Å². The smallest absolute Gasteiger partial charge is 0.0488 e. The van der Waals surface area contributed by atoms with E-state index in [1.807, 2.05) is 0 Å². The van der Waals surface area contributed by atoms with Gasteiger partial charge in [-0.2, -0.15) is 0 Å². The summed E-state index contributed by atoms with van der Waals surface area (Å²) >= 11 is 0. The van der Waals surface area contributed by atoms with E-state index in [4.69, 9.17) is 5.11 Å². The maximum absolute atomic E-state index is 9.26. The van der Waals surface area contributed by atoms with E-state index in [2.05, 4.69) is 13.8 Å². The van der Waals surface area contributed by atoms with E-state index in [1.165, 1.54) is 0 Å². The highest BCUT2D eigenvalue weighted by Gasteiger charge is 2.26. The third kappa shape index (κ3) is 3.55. The first kappa shape index (κ1) is 11.9. The minimum absolute atomic E-state index is 0.00174. The van der Waals surface area contributed by atoms with Crippen LogP contribution in [0.25, 0.3) is 0 Å². The van der Waals surface area contributed by atoms with E-state index < -0.39 is 0 Å². The van der Waals surface area contributed by atoms with Crippen LogP contribution in [0.3, 0.4) is 0 Å². The molecule has 0 heterocycles. The Labute approximate surface area is 75.6 Å². The van der Waals surface area contributed by atoms with E-state index in [0.29, 0.717) is 0 Å². The van der Waals surface area contributed by atoms with Crippen LogP contribution < -0.4 is 0 Å². The summed E-state index contributed by atoms with van der Waals surface area (Å²) in [4.78, 5) is 0. The minimum atomic E-state index is -0.00174. The SMILES string of the molecule is CCCC(CO)(CCC)CCO. The molecule has 74 valence electrons. The summed E-state index contributed by atoms with van der Waals surface area (Å²) in [5.74, 6) is 0. The zero-order valence-corrected chi connectivity index (χ0v) is 8.34. The zero-order chi connectivity index (χ0) is 9.45. The summed E-state index contributed by atoms with van der Waals surface area (Å²) < 4.78 is 0. The maximum atomic E-state index is 9.26. The first-order valence-corrected chi connectivity index (χ1v) is 4.96. The molecule has 2 heteroatoms. The molecule has 0 aliphatic carbocycles. The quantitative estimate of drug-likeness (QED) is 0.619. The van der Waals surface area contributed by atoms with Crippen molar-refractivity contribution in [2.75, 3.05) is 13.2 Å². The van der Waals surface area contributed by atoms with Crippen molar-refractivity contribution < 1.29 is 10.2 Å². The molecule has 0 aliphatic heterocycles. The van der Waals surface area contributed by atoms with Crippen molar-refractivity contribution in [1.82, 2.24) is 0 Å². The van der Waals surface area contributed by atoms with Crippen molar-refractivity contribution in [2.45, 2.75) is 46.0 Å². The Hall–Kier alpha value is -0.0800. The van der Waals surface area contributed by atoms with Gasteiger partial charge in [0.2, 0.25) is 0 Å². The lowest BCUT2D eigenvalue weighted by molar-refractivity contribution is 0.0720. The Morgan fingerprint density at radius 2 is 1.42 bits per heavy atom. The van der Waals surface area contributed by atoms with Crippen LogP contribution in [0.2, 0.25) is 0 Å². The monoisotopic (exact) mass is 174 g/mol. The van der Waals surface area contributed by atoms with Crippen molar-refractivity contribution in [3.05, 3.63) is 0 Å². The Morgan fingerprint density at radius 3 is 1.67 bits per heavy atom. The molecule has 2 nitrogen and oxygen atoms in total. The fourth-order valence-corrected chi connectivity index (χ4v) is 1.91. The average molecular weight is 174 g/mol. The Balaban J connectivity index is 4.06. The maximum Gasteiger partial charge on any atom is 0.0488 e. The van der Waals surface area contributed by atoms with Gasteiger partial charge >= 0.3 is 0 Å². The highest BCUT2D eigenvalue weighted by molar-refractivity contribution is 4.77. The molecule has 0 radical (unpaired) electrons. The number of aliphatic hydroxyl groups excluding tert-OH is 2. The third-order valence-corrected chi connectivity index (χ3v) is 2.54. The van der Waals surface area contributed by atoms with Gasteiger partial charge in [0.05, 0.1) is 0 Å². The third-order valence-electron chi connectivity index (χ3n) is 2.54. The number of hydrogen-bond donors (Lipinski definition) is 2. The van der Waals surface area contributed by atoms with Crippen LogP contribution in [0.15, 0.2) is 0 Å². The molecule has 12 heavy (non-hydrogen) atoms. The molecule has 0 bridgehead atoms. The van der Waals surface area contributed by atoms with Crippen LogP contribution in [0.1, 0.15) is 46.0 Å². The highest BCUT2D eigenvalue weighted by atomic mass is 16.3. The van der Waals surface area contributed by atoms with Gasteiger partial charge in [-0.25, -0.2) is 0 Å². The van der Waals surface area contributed by atoms with Crippen LogP contribution in [0.4, 0.5) is 0 Å². The normalized spacial score (nSPS) is 12.0. The lowest BCUT2D eigenvalue weighted by atomic mass is 9.77. The van der Waals surface area contributed by atoms with Crippen LogP contribution in [0, 0.1) is 5.41 Å². The summed E-state index contributed by atoms with van der Waals surface area (Å²) in [6, 6.07) is 0. The molecule has 0 saturated heterocycles. The molecular weight excluding hydrogens is 152 g/mol. The van der Waals surface area contributed by atoms with Crippen molar-refractivity contribution >= 4 is 0 Å². The summed E-state index contributed by atoms with van der Waals surface area (Å²) in [6.45, 7) is 4.66. The molecule has 2 N–H and O–H groups in total. The van der Waals surface area contributed by atoms with Gasteiger partial charge in [0.25, 0.3) is 0 Å². The van der Waals surface area contributed by atoms with Crippen LogP contribution in [0.5, 0.6) is 0 Å². The molecule has 0 amide bonds. The molecular formula is C10H22O2. The van der Waals surface area contributed by atoms with Gasteiger partial charge in [0.15, 0.2) is 0 Å². The van der Waals surface area contributed by atoms with Gasteiger partial charge in [-0.1, -0.05) is 26.7 Å². The summed E-state index contributed by atoms with van der Waals surface area (Å²) in [5.41, 5.74) is -0.00174. The fraction of sp³-hybridized carbons (Fsp3) is 1.00. The number of hydrogen-bond acceptors (Lipinski definition) is 2. The topological polar surface area (TPSA) is 40.5 Å². The van der Waals surface area contributed by atoms with Crippen LogP contribution >= 0.6 is 0 Å². The molecule has 0 rings (SSSR count). The first-order valence-electron chi connectivity index (χ1n) is 4.96. The number of rotatable bonds is 7. The van der Waals surface area contributed by atoms with Crippen LogP contribution in [-0.2, 0) is 0 Å². The fourth-order valence-electron chi connectivity index (χ4n) is 1.91. The van der Waals surface area contributed by atoms with Crippen LogP contribution in [-0.4, -0.2) is 23.4 Å². The van der Waals surface area contributed by atoms with E-state index in [9.17, 15) is 5.11 Å². The van der Waals surface area contributed by atoms with E-state index in [-0.39, 0.29) is 18.6 Å². The molecule has 0 aromatic carbocycles. The summed E-state index contributed by atoms with van der Waals surface area (Å²) in [6.07, 6.45) is 4.96. The minimum Gasteiger partial charge on any atom is -0.396 e. The van der Waals surface area contributed by atoms with Gasteiger partial charge in [-0.3, -0.25) is 0 Å². The first-order chi connectivity index (χ1) is 5.74. The number of aliphatic hydroxyl groups is 2. The highest BCUT2D eigenvalue weighted by Crippen LogP contribution is 2.32. The second-order valence-corrected chi connectivity index (χ2v) is 3.63. The molecule has 0 aromatic heterocycles. The molecule has 0 aliphatic rings. The Kier molecular flexibility index (Phi) is 6.39. The predicted octanol–water partition coefficient (Wildman–Crippen LogP) is 1.95. The zero-order valence-electron chi connectivity index (χ0n) is 8.34. The van der Waals surface area contributed by atoms with Gasteiger partial charge in [0, 0.05) is 13.2 Å². The molecule has 0 unspecified atom stereocenters. The van der Waals surface area contributed by atoms with E-state index in [1.54, 1.807) is 0 Å². The van der Waals surface area contributed by atoms with Gasteiger partial charge in [-0.15, -0.1) is 0 Å². The molecule has 0 saturated carbocycles. The van der Waals surface area contributed by atoms with Crippen molar-refractivity contribution in [1.29, 1.82) is 0 Å². The standard InChI is InChI=1S/C10H22O2/c1-3-5-10(9-12,6-4-2)7-8-11/h11-12H,3-9H2,1-2H3. The molecule has 0 spiro atoms. The average Bonchev–Trinajstić information content (AvgIpc) is 2.06. The second-order valence-electron chi connectivity index (χ2n) is 3.63. The lowest BCUT2D eigenvalue weighted by Gasteiger charge is -2.30. The van der Waals surface area contributed by atoms with E-state index in [0.717, 1.165) is 32.1 Å². The van der Waals surface area contributed by atoms with Gasteiger partial charge < -0.3 is 10.2 Å². The van der Waals surface area contributed by atoms with Gasteiger partial charge in [0.1, 0.15) is 0 Å². The Bertz CT molecular complexity index is 85.0. The molecule has 0 aromatic rings. The summed E-state index contributed by atoms with van der Waals surface area (Å²) in [5, 5.41) is 18.1. The molecule has 0 fully saturated rings. The van der Waals surface area contributed by atoms with Crippen molar-refractivity contribution in [3.63, 3.8) is 0 Å². The second kappa shape index (κ2) is 6.44.